The minimum Gasteiger partial charge on any atom is -0.345 e. The topological polar surface area (TPSA) is 55.1 Å². The summed E-state index contributed by atoms with van der Waals surface area (Å²) in [5.41, 5.74) is 6.65. The van der Waals surface area contributed by atoms with Crippen LogP contribution in [0, 0.1) is 0 Å². The van der Waals surface area contributed by atoms with Crippen LogP contribution in [0.2, 0.25) is 0 Å². The Morgan fingerprint density at radius 1 is 1.28 bits per heavy atom. The SMILES string of the molecule is C[C@H](N)C(=O)NC1(c2ccccc2)CCCC1.Cl. The number of nitrogens with two attached hydrogens (primary N) is 1. The summed E-state index contributed by atoms with van der Waals surface area (Å²) in [5, 5.41) is 3.14. The minimum atomic E-state index is -0.448. The number of benzene rings is 1. The van der Waals surface area contributed by atoms with E-state index in [9.17, 15) is 4.79 Å². The van der Waals surface area contributed by atoms with Gasteiger partial charge in [-0.25, -0.2) is 0 Å². The van der Waals surface area contributed by atoms with Crippen LogP contribution in [-0.2, 0) is 10.3 Å². The van der Waals surface area contributed by atoms with Gasteiger partial charge in [0, 0.05) is 0 Å². The molecular formula is C14H21ClN2O. The first-order chi connectivity index (χ1) is 8.14. The van der Waals surface area contributed by atoms with Gasteiger partial charge in [0.1, 0.15) is 0 Å². The quantitative estimate of drug-likeness (QED) is 0.884. The fraction of sp³-hybridized carbons (Fsp3) is 0.500. The van der Waals surface area contributed by atoms with E-state index >= 15 is 0 Å². The number of carbonyl (C=O) groups excluding carboxylic acids is 1. The van der Waals surface area contributed by atoms with Gasteiger partial charge in [0.05, 0.1) is 11.6 Å². The standard InChI is InChI=1S/C14H20N2O.ClH/c1-11(15)13(17)16-14(9-5-6-10-14)12-7-3-2-4-8-12;/h2-4,7-8,11H,5-6,9-10,15H2,1H3,(H,16,17);1H/t11-;/m0./s1. The Morgan fingerprint density at radius 3 is 2.33 bits per heavy atom. The normalized spacial score (nSPS) is 18.8. The largest absolute Gasteiger partial charge is 0.345 e. The van der Waals surface area contributed by atoms with E-state index in [1.54, 1.807) is 6.92 Å². The molecule has 0 saturated heterocycles. The molecule has 0 spiro atoms. The van der Waals surface area contributed by atoms with Gasteiger partial charge in [-0.15, -0.1) is 12.4 Å². The van der Waals surface area contributed by atoms with Crippen molar-refractivity contribution < 1.29 is 4.79 Å². The monoisotopic (exact) mass is 268 g/mol. The van der Waals surface area contributed by atoms with E-state index in [1.807, 2.05) is 18.2 Å². The fourth-order valence-corrected chi connectivity index (χ4v) is 2.57. The highest BCUT2D eigenvalue weighted by Crippen LogP contribution is 2.38. The Hall–Kier alpha value is -1.06. The average molecular weight is 269 g/mol. The predicted octanol–water partition coefficient (Wildman–Crippen LogP) is 2.34. The highest BCUT2D eigenvalue weighted by Gasteiger charge is 2.37. The number of rotatable bonds is 3. The van der Waals surface area contributed by atoms with Crippen LogP contribution in [0.1, 0.15) is 38.2 Å². The first-order valence-corrected chi connectivity index (χ1v) is 6.27. The summed E-state index contributed by atoms with van der Waals surface area (Å²) in [6.07, 6.45) is 4.34. The average Bonchev–Trinajstić information content (AvgIpc) is 2.80. The van der Waals surface area contributed by atoms with Crippen LogP contribution in [0.15, 0.2) is 30.3 Å². The third-order valence-electron chi connectivity index (χ3n) is 3.56. The number of halogens is 1. The van der Waals surface area contributed by atoms with E-state index in [0.717, 1.165) is 25.7 Å². The van der Waals surface area contributed by atoms with Gasteiger partial charge in [-0.05, 0) is 25.3 Å². The zero-order valence-corrected chi connectivity index (χ0v) is 11.5. The second kappa shape index (κ2) is 6.21. The third-order valence-corrected chi connectivity index (χ3v) is 3.56. The van der Waals surface area contributed by atoms with Gasteiger partial charge < -0.3 is 11.1 Å². The van der Waals surface area contributed by atoms with Gasteiger partial charge >= 0.3 is 0 Å². The second-order valence-corrected chi connectivity index (χ2v) is 4.93. The van der Waals surface area contributed by atoms with Crippen molar-refractivity contribution >= 4 is 18.3 Å². The first kappa shape index (κ1) is 15.0. The molecule has 0 radical (unpaired) electrons. The second-order valence-electron chi connectivity index (χ2n) is 4.93. The molecule has 1 amide bonds. The summed E-state index contributed by atoms with van der Waals surface area (Å²) in [4.78, 5) is 11.8. The van der Waals surface area contributed by atoms with Crippen molar-refractivity contribution in [3.05, 3.63) is 35.9 Å². The third kappa shape index (κ3) is 3.03. The molecule has 4 heteroatoms. The van der Waals surface area contributed by atoms with Crippen molar-refractivity contribution in [2.24, 2.45) is 5.73 Å². The molecule has 0 heterocycles. The van der Waals surface area contributed by atoms with Crippen LogP contribution in [0.5, 0.6) is 0 Å². The number of hydrogen-bond acceptors (Lipinski definition) is 2. The summed E-state index contributed by atoms with van der Waals surface area (Å²) in [5.74, 6) is -0.0595. The maximum absolute atomic E-state index is 11.8. The van der Waals surface area contributed by atoms with Gasteiger partial charge in [-0.2, -0.15) is 0 Å². The zero-order valence-electron chi connectivity index (χ0n) is 10.7. The fourth-order valence-electron chi connectivity index (χ4n) is 2.57. The van der Waals surface area contributed by atoms with Crippen LogP contribution >= 0.6 is 12.4 Å². The maximum atomic E-state index is 11.8. The molecule has 1 fully saturated rings. The van der Waals surface area contributed by atoms with Crippen molar-refractivity contribution in [3.63, 3.8) is 0 Å². The molecule has 3 nitrogen and oxygen atoms in total. The van der Waals surface area contributed by atoms with Gasteiger partial charge in [-0.1, -0.05) is 43.2 Å². The first-order valence-electron chi connectivity index (χ1n) is 6.27. The molecule has 0 unspecified atom stereocenters. The van der Waals surface area contributed by atoms with E-state index in [4.69, 9.17) is 5.73 Å². The molecule has 1 saturated carbocycles. The summed E-state index contributed by atoms with van der Waals surface area (Å²) >= 11 is 0. The summed E-state index contributed by atoms with van der Waals surface area (Å²) in [6, 6.07) is 9.77. The Labute approximate surface area is 115 Å². The molecule has 1 aliphatic carbocycles. The molecule has 1 aromatic carbocycles. The molecule has 1 aromatic rings. The van der Waals surface area contributed by atoms with Crippen molar-refractivity contribution in [2.75, 3.05) is 0 Å². The van der Waals surface area contributed by atoms with E-state index in [0.29, 0.717) is 0 Å². The van der Waals surface area contributed by atoms with Crippen LogP contribution < -0.4 is 11.1 Å². The molecule has 100 valence electrons. The molecular weight excluding hydrogens is 248 g/mol. The lowest BCUT2D eigenvalue weighted by molar-refractivity contribution is -0.124. The zero-order chi connectivity index (χ0) is 12.3. The molecule has 0 bridgehead atoms. The van der Waals surface area contributed by atoms with Gasteiger partial charge in [-0.3, -0.25) is 4.79 Å². The lowest BCUT2D eigenvalue weighted by atomic mass is 9.88. The number of amides is 1. The van der Waals surface area contributed by atoms with Gasteiger partial charge in [0.2, 0.25) is 5.91 Å². The van der Waals surface area contributed by atoms with Crippen molar-refractivity contribution in [1.82, 2.24) is 5.32 Å². The molecule has 2 rings (SSSR count). The lowest BCUT2D eigenvalue weighted by Crippen LogP contribution is -2.49. The van der Waals surface area contributed by atoms with E-state index in [1.165, 1.54) is 5.56 Å². The van der Waals surface area contributed by atoms with E-state index < -0.39 is 6.04 Å². The van der Waals surface area contributed by atoms with Crippen LogP contribution in [0.4, 0.5) is 0 Å². The van der Waals surface area contributed by atoms with Gasteiger partial charge in [0.25, 0.3) is 0 Å². The smallest absolute Gasteiger partial charge is 0.237 e. The van der Waals surface area contributed by atoms with Crippen LogP contribution in [0.25, 0.3) is 0 Å². The molecule has 1 aliphatic rings. The summed E-state index contributed by atoms with van der Waals surface area (Å²) < 4.78 is 0. The minimum absolute atomic E-state index is 0. The molecule has 0 aromatic heterocycles. The Balaban J connectivity index is 0.00000162. The van der Waals surface area contributed by atoms with E-state index in [-0.39, 0.29) is 23.9 Å². The maximum Gasteiger partial charge on any atom is 0.237 e. The van der Waals surface area contributed by atoms with Crippen LogP contribution in [-0.4, -0.2) is 11.9 Å². The summed E-state index contributed by atoms with van der Waals surface area (Å²) in [6.45, 7) is 1.73. The Morgan fingerprint density at radius 2 is 1.83 bits per heavy atom. The van der Waals surface area contributed by atoms with Crippen molar-refractivity contribution in [1.29, 1.82) is 0 Å². The van der Waals surface area contributed by atoms with E-state index in [2.05, 4.69) is 17.4 Å². The number of hydrogen-bond donors (Lipinski definition) is 2. The Bertz CT molecular complexity index is 386. The highest BCUT2D eigenvalue weighted by molar-refractivity contribution is 5.85. The molecule has 1 atom stereocenters. The molecule has 18 heavy (non-hydrogen) atoms. The highest BCUT2D eigenvalue weighted by atomic mass is 35.5. The van der Waals surface area contributed by atoms with Gasteiger partial charge in [0.15, 0.2) is 0 Å². The summed E-state index contributed by atoms with van der Waals surface area (Å²) in [7, 11) is 0. The molecule has 0 aliphatic heterocycles. The lowest BCUT2D eigenvalue weighted by Gasteiger charge is -2.31. The van der Waals surface area contributed by atoms with Crippen molar-refractivity contribution in [2.45, 2.75) is 44.2 Å². The Kier molecular flexibility index (Phi) is 5.17. The van der Waals surface area contributed by atoms with Crippen LogP contribution in [0.3, 0.4) is 0 Å². The molecule has 3 N–H and O–H groups in total. The number of nitrogens with one attached hydrogen (secondary N) is 1. The van der Waals surface area contributed by atoms with Crippen molar-refractivity contribution in [3.8, 4) is 0 Å². The predicted molar refractivity (Wildman–Crippen MR) is 75.6 cm³/mol. The number of carbonyl (C=O) groups is 1.